The summed E-state index contributed by atoms with van der Waals surface area (Å²) in [7, 11) is 1.31. The van der Waals surface area contributed by atoms with Crippen molar-refractivity contribution in [1.29, 1.82) is 0 Å². The second-order valence-electron chi connectivity index (χ2n) is 11.0. The third-order valence-corrected chi connectivity index (χ3v) is 8.92. The van der Waals surface area contributed by atoms with E-state index in [4.69, 9.17) is 9.47 Å². The first-order chi connectivity index (χ1) is 19.0. The van der Waals surface area contributed by atoms with Crippen LogP contribution in [-0.4, -0.2) is 53.8 Å². The first-order valence-electron chi connectivity index (χ1n) is 13.6. The lowest BCUT2D eigenvalue weighted by molar-refractivity contribution is -0.120. The number of nitrogens with zero attached hydrogens (tertiary/aromatic N) is 1. The van der Waals surface area contributed by atoms with Crippen molar-refractivity contribution in [3.63, 3.8) is 0 Å². The molecule has 2 heterocycles. The summed E-state index contributed by atoms with van der Waals surface area (Å²) in [6.07, 6.45) is 5.28. The molecule has 0 radical (unpaired) electrons. The molecule has 1 aromatic carbocycles. The molecule has 2 aromatic rings. The second kappa shape index (κ2) is 13.1. The number of hydrogen-bond acceptors (Lipinski definition) is 8. The van der Waals surface area contributed by atoms with E-state index in [-0.39, 0.29) is 23.5 Å². The number of fused-ring (bicyclic) bond motifs is 1. The highest BCUT2D eigenvalue weighted by molar-refractivity contribution is 8.00. The minimum Gasteiger partial charge on any atom is -0.465 e. The van der Waals surface area contributed by atoms with Crippen molar-refractivity contribution in [2.75, 3.05) is 30.0 Å². The molecule has 3 amide bonds. The maximum Gasteiger partial charge on any atom is 0.410 e. The topological polar surface area (TPSA) is 114 Å². The van der Waals surface area contributed by atoms with Gasteiger partial charge in [0.15, 0.2) is 0 Å². The molecular weight excluding hydrogens is 550 g/mol. The summed E-state index contributed by atoms with van der Waals surface area (Å²) in [5, 5.41) is 6.32. The van der Waals surface area contributed by atoms with Gasteiger partial charge in [-0.05, 0) is 63.8 Å². The van der Waals surface area contributed by atoms with E-state index in [1.54, 1.807) is 4.90 Å². The number of esters is 1. The highest BCUT2D eigenvalue weighted by Gasteiger charge is 2.32. The van der Waals surface area contributed by atoms with Crippen LogP contribution in [0, 0.1) is 5.92 Å². The highest BCUT2D eigenvalue weighted by atomic mass is 32.2. The number of thiophene rings is 1. The van der Waals surface area contributed by atoms with Crippen LogP contribution in [0.15, 0.2) is 29.2 Å². The maximum absolute atomic E-state index is 12.9. The van der Waals surface area contributed by atoms with Crippen LogP contribution in [0.3, 0.4) is 0 Å². The van der Waals surface area contributed by atoms with Crippen LogP contribution in [0.25, 0.3) is 0 Å². The van der Waals surface area contributed by atoms with Gasteiger partial charge in [-0.2, -0.15) is 0 Å². The van der Waals surface area contributed by atoms with E-state index in [1.165, 1.54) is 36.6 Å². The molecule has 11 heteroatoms. The Bertz CT molecular complexity index is 1260. The van der Waals surface area contributed by atoms with Crippen LogP contribution >= 0.6 is 23.1 Å². The average Bonchev–Trinajstić information content (AvgIpc) is 3.28. The molecule has 216 valence electrons. The predicted octanol–water partition coefficient (Wildman–Crippen LogP) is 6.08. The Morgan fingerprint density at radius 2 is 1.85 bits per heavy atom. The van der Waals surface area contributed by atoms with E-state index < -0.39 is 17.7 Å². The van der Waals surface area contributed by atoms with Crippen molar-refractivity contribution >= 4 is 57.7 Å². The number of amides is 3. The zero-order chi connectivity index (χ0) is 28.9. The highest BCUT2D eigenvalue weighted by Crippen LogP contribution is 2.38. The number of methoxy groups -OCH3 is 1. The van der Waals surface area contributed by atoms with Crippen LogP contribution in [0.4, 0.5) is 15.5 Å². The maximum atomic E-state index is 12.9. The van der Waals surface area contributed by atoms with Gasteiger partial charge in [0.2, 0.25) is 11.8 Å². The van der Waals surface area contributed by atoms with Crippen LogP contribution < -0.4 is 10.6 Å². The van der Waals surface area contributed by atoms with E-state index in [1.807, 2.05) is 45.0 Å². The van der Waals surface area contributed by atoms with Crippen molar-refractivity contribution in [2.24, 2.45) is 5.92 Å². The van der Waals surface area contributed by atoms with Gasteiger partial charge in [0.1, 0.15) is 10.6 Å². The SMILES string of the molecule is COC(=O)c1c(NC(=O)CSc2cccc(NC(=O)C3CCCCC3)c2)sc2c1CCN(C(=O)OC(C)(C)C)C2. The molecule has 40 heavy (non-hydrogen) atoms. The summed E-state index contributed by atoms with van der Waals surface area (Å²) in [5.41, 5.74) is 1.24. The van der Waals surface area contributed by atoms with E-state index >= 15 is 0 Å². The molecule has 1 aliphatic heterocycles. The summed E-state index contributed by atoms with van der Waals surface area (Å²) < 4.78 is 10.5. The van der Waals surface area contributed by atoms with Crippen molar-refractivity contribution in [2.45, 2.75) is 76.3 Å². The summed E-state index contributed by atoms with van der Waals surface area (Å²) in [5.74, 6) is -0.552. The minimum absolute atomic E-state index is 0.0572. The van der Waals surface area contributed by atoms with E-state index in [9.17, 15) is 19.2 Å². The lowest BCUT2D eigenvalue weighted by Gasteiger charge is -2.30. The predicted molar refractivity (Wildman–Crippen MR) is 157 cm³/mol. The Morgan fingerprint density at radius 3 is 2.55 bits per heavy atom. The fraction of sp³-hybridized carbons (Fsp3) is 0.517. The molecule has 0 saturated heterocycles. The van der Waals surface area contributed by atoms with Crippen molar-refractivity contribution < 1.29 is 28.7 Å². The van der Waals surface area contributed by atoms with Gasteiger partial charge in [-0.3, -0.25) is 9.59 Å². The monoisotopic (exact) mass is 587 g/mol. The first-order valence-corrected chi connectivity index (χ1v) is 15.4. The fourth-order valence-electron chi connectivity index (χ4n) is 4.88. The number of thioether (sulfide) groups is 1. The van der Waals surface area contributed by atoms with Crippen LogP contribution in [-0.2, 0) is 32.0 Å². The summed E-state index contributed by atoms with van der Waals surface area (Å²) in [4.78, 5) is 54.1. The molecule has 0 spiro atoms. The molecule has 1 aliphatic carbocycles. The van der Waals surface area contributed by atoms with Gasteiger partial charge in [0, 0.05) is 27.9 Å². The zero-order valence-corrected chi connectivity index (χ0v) is 25.1. The largest absolute Gasteiger partial charge is 0.465 e. The number of benzene rings is 1. The van der Waals surface area contributed by atoms with E-state index in [2.05, 4.69) is 10.6 Å². The molecule has 2 N–H and O–H groups in total. The van der Waals surface area contributed by atoms with E-state index in [0.717, 1.165) is 46.7 Å². The van der Waals surface area contributed by atoms with Crippen LogP contribution in [0.2, 0.25) is 0 Å². The van der Waals surface area contributed by atoms with Crippen LogP contribution in [0.5, 0.6) is 0 Å². The molecule has 1 aromatic heterocycles. The third kappa shape index (κ3) is 7.78. The number of nitrogens with one attached hydrogen (secondary N) is 2. The third-order valence-electron chi connectivity index (χ3n) is 6.80. The standard InChI is InChI=1S/C29H37N3O6S2/c1-29(2,3)38-28(36)32-14-13-21-22(16-32)40-26(24(21)27(35)37-4)31-23(33)17-39-20-12-8-11-19(15-20)30-25(34)18-9-6-5-7-10-18/h8,11-12,15,18H,5-7,9-10,13-14,16-17H2,1-4H3,(H,30,34)(H,31,33). The average molecular weight is 588 g/mol. The molecule has 2 aliphatic rings. The van der Waals surface area contributed by atoms with Crippen molar-refractivity contribution in [3.05, 3.63) is 40.3 Å². The van der Waals surface area contributed by atoms with Gasteiger partial charge in [-0.15, -0.1) is 23.1 Å². The van der Waals surface area contributed by atoms with Crippen LogP contribution in [0.1, 0.15) is 73.7 Å². The van der Waals surface area contributed by atoms with Gasteiger partial charge in [-0.25, -0.2) is 9.59 Å². The van der Waals surface area contributed by atoms with E-state index in [0.29, 0.717) is 30.1 Å². The molecule has 4 rings (SSSR count). The molecule has 0 atom stereocenters. The second-order valence-corrected chi connectivity index (χ2v) is 13.2. The number of ether oxygens (including phenoxy) is 2. The number of carbonyl (C=O) groups is 4. The Kier molecular flexibility index (Phi) is 9.78. The quantitative estimate of drug-likeness (QED) is 0.298. The number of rotatable bonds is 7. The lowest BCUT2D eigenvalue weighted by atomic mass is 9.88. The number of carbonyl (C=O) groups excluding carboxylic acids is 4. The molecule has 0 bridgehead atoms. The van der Waals surface area contributed by atoms with Gasteiger partial charge in [0.25, 0.3) is 0 Å². The molecule has 0 unspecified atom stereocenters. The molecule has 1 fully saturated rings. The Morgan fingerprint density at radius 1 is 1.10 bits per heavy atom. The normalized spacial score (nSPS) is 15.7. The van der Waals surface area contributed by atoms with Gasteiger partial charge in [0.05, 0.1) is 25.0 Å². The van der Waals surface area contributed by atoms with Gasteiger partial charge >= 0.3 is 12.1 Å². The number of hydrogen-bond donors (Lipinski definition) is 2. The van der Waals surface area contributed by atoms with Crippen molar-refractivity contribution in [1.82, 2.24) is 4.90 Å². The Balaban J connectivity index is 1.39. The summed E-state index contributed by atoms with van der Waals surface area (Å²) in [6, 6.07) is 7.47. The Labute approximate surface area is 243 Å². The lowest BCUT2D eigenvalue weighted by Crippen LogP contribution is -2.39. The fourth-order valence-corrected chi connectivity index (χ4v) is 6.90. The smallest absolute Gasteiger partial charge is 0.410 e. The first kappa shape index (κ1) is 29.9. The van der Waals surface area contributed by atoms with Gasteiger partial charge in [-0.1, -0.05) is 25.3 Å². The Hall–Kier alpha value is -3.05. The van der Waals surface area contributed by atoms with Crippen molar-refractivity contribution in [3.8, 4) is 0 Å². The molecule has 9 nitrogen and oxygen atoms in total. The minimum atomic E-state index is -0.610. The molecule has 1 saturated carbocycles. The zero-order valence-electron chi connectivity index (χ0n) is 23.5. The number of anilines is 2. The summed E-state index contributed by atoms with van der Waals surface area (Å²) >= 11 is 2.62. The van der Waals surface area contributed by atoms with Gasteiger partial charge < -0.3 is 25.0 Å². The summed E-state index contributed by atoms with van der Waals surface area (Å²) in [6.45, 7) is 6.14. The molecular formula is C29H37N3O6S2.